The molecular weight excluding hydrogens is 186 g/mol. The molecular formula is C13H15NO. The summed E-state index contributed by atoms with van der Waals surface area (Å²) in [5, 5.41) is 1.05. The van der Waals surface area contributed by atoms with E-state index < -0.39 is 0 Å². The number of hydrogen-bond donors (Lipinski definition) is 0. The molecule has 2 rings (SSSR count). The molecule has 0 N–H and O–H groups in total. The molecule has 0 aliphatic carbocycles. The Labute approximate surface area is 89.5 Å². The van der Waals surface area contributed by atoms with E-state index in [-0.39, 0.29) is 0 Å². The Morgan fingerprint density at radius 2 is 2.07 bits per heavy atom. The fourth-order valence-corrected chi connectivity index (χ4v) is 1.91. The topological polar surface area (TPSA) is 22.0 Å². The molecule has 0 spiro atoms. The molecule has 2 nitrogen and oxygen atoms in total. The van der Waals surface area contributed by atoms with Crippen molar-refractivity contribution in [2.75, 3.05) is 0 Å². The van der Waals surface area contributed by atoms with Gasteiger partial charge in [-0.2, -0.15) is 0 Å². The second-order valence-corrected chi connectivity index (χ2v) is 4.22. The number of nitrogens with zero attached hydrogens (tertiary/aromatic N) is 1. The van der Waals surface area contributed by atoms with Crippen molar-refractivity contribution in [3.63, 3.8) is 0 Å². The molecule has 1 aromatic carbocycles. The molecule has 0 bridgehead atoms. The predicted octanol–water partition coefficient (Wildman–Crippen LogP) is 3.34. The second-order valence-electron chi connectivity index (χ2n) is 4.22. The lowest BCUT2D eigenvalue weighted by Crippen LogP contribution is -1.98. The monoisotopic (exact) mass is 201 g/mol. The minimum atomic E-state index is 0.378. The van der Waals surface area contributed by atoms with Crippen LogP contribution in [0.3, 0.4) is 0 Å². The molecule has 0 radical (unpaired) electrons. The number of aryl methyl sites for hydroxylation is 1. The molecule has 0 unspecified atom stereocenters. The molecule has 0 saturated heterocycles. The number of aldehydes is 1. The molecule has 0 fully saturated rings. The number of fused-ring (bicyclic) bond motifs is 1. The number of hydrogen-bond acceptors (Lipinski definition) is 1. The van der Waals surface area contributed by atoms with Gasteiger partial charge in [0.2, 0.25) is 0 Å². The Morgan fingerprint density at radius 1 is 1.33 bits per heavy atom. The van der Waals surface area contributed by atoms with E-state index in [9.17, 15) is 4.79 Å². The lowest BCUT2D eigenvalue weighted by Gasteiger charge is -2.09. The minimum Gasteiger partial charge on any atom is -0.344 e. The Kier molecular flexibility index (Phi) is 2.35. The van der Waals surface area contributed by atoms with E-state index in [0.717, 1.165) is 22.8 Å². The highest BCUT2D eigenvalue weighted by molar-refractivity contribution is 5.97. The minimum absolute atomic E-state index is 0.378. The van der Waals surface area contributed by atoms with Gasteiger partial charge in [0.15, 0.2) is 6.29 Å². The Bertz CT molecular complexity index is 508. The van der Waals surface area contributed by atoms with Crippen LogP contribution in [0.15, 0.2) is 24.4 Å². The zero-order valence-electron chi connectivity index (χ0n) is 9.32. The molecule has 1 heterocycles. The third-order valence-corrected chi connectivity index (χ3v) is 2.70. The summed E-state index contributed by atoms with van der Waals surface area (Å²) in [5.41, 5.74) is 3.14. The van der Waals surface area contributed by atoms with Crippen LogP contribution in [-0.4, -0.2) is 10.9 Å². The highest BCUT2D eigenvalue weighted by Gasteiger charge is 2.09. The number of carbonyl (C=O) groups excluding carboxylic acids is 1. The lowest BCUT2D eigenvalue weighted by molar-refractivity contribution is 0.112. The Hall–Kier alpha value is -1.57. The molecule has 2 heteroatoms. The molecule has 0 atom stereocenters. The van der Waals surface area contributed by atoms with Gasteiger partial charge in [0.1, 0.15) is 0 Å². The van der Waals surface area contributed by atoms with Gasteiger partial charge in [-0.1, -0.05) is 12.1 Å². The van der Waals surface area contributed by atoms with Crippen molar-refractivity contribution in [2.24, 2.45) is 0 Å². The van der Waals surface area contributed by atoms with Gasteiger partial charge in [0, 0.05) is 28.7 Å². The third kappa shape index (κ3) is 1.56. The SMILES string of the molecule is Cc1ccc2c(C=O)cn(C(C)C)c2c1. The van der Waals surface area contributed by atoms with Crippen molar-refractivity contribution in [3.8, 4) is 0 Å². The van der Waals surface area contributed by atoms with Crippen molar-refractivity contribution in [2.45, 2.75) is 26.8 Å². The summed E-state index contributed by atoms with van der Waals surface area (Å²) in [5.74, 6) is 0. The lowest BCUT2D eigenvalue weighted by atomic mass is 10.1. The molecule has 0 saturated carbocycles. The van der Waals surface area contributed by atoms with Gasteiger partial charge in [-0.25, -0.2) is 0 Å². The average Bonchev–Trinajstić information content (AvgIpc) is 2.55. The van der Waals surface area contributed by atoms with Gasteiger partial charge < -0.3 is 4.57 Å². The van der Waals surface area contributed by atoms with E-state index in [1.807, 2.05) is 18.3 Å². The van der Waals surface area contributed by atoms with Crippen molar-refractivity contribution >= 4 is 17.2 Å². The van der Waals surface area contributed by atoms with Crippen molar-refractivity contribution in [1.82, 2.24) is 4.57 Å². The van der Waals surface area contributed by atoms with Gasteiger partial charge >= 0.3 is 0 Å². The summed E-state index contributed by atoms with van der Waals surface area (Å²) in [6.07, 6.45) is 2.86. The van der Waals surface area contributed by atoms with Gasteiger partial charge in [-0.15, -0.1) is 0 Å². The summed E-state index contributed by atoms with van der Waals surface area (Å²) in [6.45, 7) is 6.31. The summed E-state index contributed by atoms with van der Waals surface area (Å²) >= 11 is 0. The highest BCUT2D eigenvalue weighted by atomic mass is 16.1. The molecule has 15 heavy (non-hydrogen) atoms. The van der Waals surface area contributed by atoms with Crippen LogP contribution in [0.2, 0.25) is 0 Å². The van der Waals surface area contributed by atoms with Crippen LogP contribution in [0.25, 0.3) is 10.9 Å². The number of rotatable bonds is 2. The van der Waals surface area contributed by atoms with Gasteiger partial charge in [0.25, 0.3) is 0 Å². The molecule has 0 amide bonds. The van der Waals surface area contributed by atoms with E-state index in [4.69, 9.17) is 0 Å². The van der Waals surface area contributed by atoms with Gasteiger partial charge in [0.05, 0.1) is 0 Å². The Morgan fingerprint density at radius 3 is 2.67 bits per heavy atom. The van der Waals surface area contributed by atoms with Crippen LogP contribution < -0.4 is 0 Å². The zero-order chi connectivity index (χ0) is 11.0. The fraction of sp³-hybridized carbons (Fsp3) is 0.308. The molecule has 2 aromatic rings. The summed E-state index contributed by atoms with van der Waals surface area (Å²) < 4.78 is 2.14. The molecule has 0 aliphatic rings. The number of carbonyl (C=O) groups is 1. The van der Waals surface area contributed by atoms with Crippen molar-refractivity contribution in [1.29, 1.82) is 0 Å². The summed E-state index contributed by atoms with van der Waals surface area (Å²) in [4.78, 5) is 10.9. The van der Waals surface area contributed by atoms with E-state index in [1.165, 1.54) is 5.56 Å². The summed E-state index contributed by atoms with van der Waals surface area (Å²) in [6, 6.07) is 6.57. The smallest absolute Gasteiger partial charge is 0.152 e. The van der Waals surface area contributed by atoms with Crippen LogP contribution in [0.4, 0.5) is 0 Å². The van der Waals surface area contributed by atoms with E-state index in [2.05, 4.69) is 31.4 Å². The first-order chi connectivity index (χ1) is 7.13. The number of benzene rings is 1. The first-order valence-corrected chi connectivity index (χ1v) is 5.20. The van der Waals surface area contributed by atoms with Crippen LogP contribution >= 0.6 is 0 Å². The molecule has 0 aliphatic heterocycles. The van der Waals surface area contributed by atoms with Crippen LogP contribution in [0.1, 0.15) is 35.8 Å². The largest absolute Gasteiger partial charge is 0.344 e. The maximum atomic E-state index is 10.9. The zero-order valence-corrected chi connectivity index (χ0v) is 9.32. The maximum absolute atomic E-state index is 10.9. The fourth-order valence-electron chi connectivity index (χ4n) is 1.91. The van der Waals surface area contributed by atoms with Crippen LogP contribution in [-0.2, 0) is 0 Å². The first-order valence-electron chi connectivity index (χ1n) is 5.20. The predicted molar refractivity (Wildman–Crippen MR) is 62.4 cm³/mol. The standard InChI is InChI=1S/C13H15NO/c1-9(2)14-7-11(8-15)12-5-4-10(3)6-13(12)14/h4-9H,1-3H3. The first kappa shape index (κ1) is 9.97. The quantitative estimate of drug-likeness (QED) is 0.683. The van der Waals surface area contributed by atoms with E-state index in [0.29, 0.717) is 6.04 Å². The van der Waals surface area contributed by atoms with Gasteiger partial charge in [-0.3, -0.25) is 4.79 Å². The number of aromatic nitrogens is 1. The Balaban J connectivity index is 2.81. The second kappa shape index (κ2) is 3.54. The van der Waals surface area contributed by atoms with E-state index >= 15 is 0 Å². The summed E-state index contributed by atoms with van der Waals surface area (Å²) in [7, 11) is 0. The van der Waals surface area contributed by atoms with Crippen molar-refractivity contribution in [3.05, 3.63) is 35.5 Å². The van der Waals surface area contributed by atoms with Crippen molar-refractivity contribution < 1.29 is 4.79 Å². The third-order valence-electron chi connectivity index (χ3n) is 2.70. The van der Waals surface area contributed by atoms with E-state index in [1.54, 1.807) is 0 Å². The van der Waals surface area contributed by atoms with Crippen LogP contribution in [0, 0.1) is 6.92 Å². The normalized spacial score (nSPS) is 11.2. The maximum Gasteiger partial charge on any atom is 0.152 e. The highest BCUT2D eigenvalue weighted by Crippen LogP contribution is 2.24. The van der Waals surface area contributed by atoms with Crippen LogP contribution in [0.5, 0.6) is 0 Å². The molecule has 1 aromatic heterocycles. The average molecular weight is 201 g/mol. The molecule has 78 valence electrons. The van der Waals surface area contributed by atoms with Gasteiger partial charge in [-0.05, 0) is 32.4 Å².